The number of hydrogen-bond donors (Lipinski definition) is 2. The van der Waals surface area contributed by atoms with Crippen molar-refractivity contribution in [3.8, 4) is 5.75 Å². The number of aryl methyl sites for hydroxylation is 1. The lowest BCUT2D eigenvalue weighted by atomic mass is 10.1. The van der Waals surface area contributed by atoms with E-state index in [0.29, 0.717) is 24.2 Å². The number of carbonyl (C=O) groups excluding carboxylic acids is 2. The largest absolute Gasteiger partial charge is 0.496 e. The van der Waals surface area contributed by atoms with E-state index in [1.165, 1.54) is 0 Å². The minimum Gasteiger partial charge on any atom is -0.496 e. The van der Waals surface area contributed by atoms with Crippen molar-refractivity contribution in [3.63, 3.8) is 0 Å². The molecule has 0 fully saturated rings. The van der Waals surface area contributed by atoms with E-state index in [1.54, 1.807) is 31.4 Å². The van der Waals surface area contributed by atoms with Gasteiger partial charge in [0.2, 0.25) is 0 Å². The second-order valence-electron chi connectivity index (χ2n) is 6.68. The van der Waals surface area contributed by atoms with Crippen LogP contribution in [-0.4, -0.2) is 18.9 Å². The van der Waals surface area contributed by atoms with Crippen LogP contribution in [0.4, 0.5) is 0 Å². The van der Waals surface area contributed by atoms with Crippen LogP contribution in [0.3, 0.4) is 0 Å². The van der Waals surface area contributed by atoms with Crippen molar-refractivity contribution in [2.45, 2.75) is 20.0 Å². The van der Waals surface area contributed by atoms with E-state index in [0.717, 1.165) is 22.4 Å². The minimum absolute atomic E-state index is 0.215. The van der Waals surface area contributed by atoms with Gasteiger partial charge in [-0.2, -0.15) is 0 Å². The molecule has 0 aliphatic rings. The van der Waals surface area contributed by atoms with E-state index in [4.69, 9.17) is 4.74 Å². The zero-order chi connectivity index (χ0) is 20.6. The standard InChI is InChI=1S/C24H24N2O3/c1-17-8-3-4-9-20(17)15-25-23(27)18-11-7-12-19(14-18)24(28)26-16-21-10-5-6-13-22(21)29-2/h3-14H,15-16H2,1-2H3,(H,25,27)(H,26,28). The average molecular weight is 388 g/mol. The highest BCUT2D eigenvalue weighted by Gasteiger charge is 2.11. The van der Waals surface area contributed by atoms with E-state index >= 15 is 0 Å². The van der Waals surface area contributed by atoms with Crippen LogP contribution in [0.2, 0.25) is 0 Å². The van der Waals surface area contributed by atoms with Crippen molar-refractivity contribution < 1.29 is 14.3 Å². The van der Waals surface area contributed by atoms with Crippen molar-refractivity contribution in [2.75, 3.05) is 7.11 Å². The molecule has 5 nitrogen and oxygen atoms in total. The number of rotatable bonds is 7. The van der Waals surface area contributed by atoms with E-state index in [-0.39, 0.29) is 11.8 Å². The Kier molecular flexibility index (Phi) is 6.63. The summed E-state index contributed by atoms with van der Waals surface area (Å²) in [4.78, 5) is 25.0. The van der Waals surface area contributed by atoms with Crippen LogP contribution < -0.4 is 15.4 Å². The quantitative estimate of drug-likeness (QED) is 0.646. The molecule has 148 valence electrons. The van der Waals surface area contributed by atoms with Crippen molar-refractivity contribution in [2.24, 2.45) is 0 Å². The first-order chi connectivity index (χ1) is 14.1. The zero-order valence-corrected chi connectivity index (χ0v) is 16.6. The number of benzene rings is 3. The van der Waals surface area contributed by atoms with Gasteiger partial charge in [-0.1, -0.05) is 48.5 Å². The topological polar surface area (TPSA) is 67.4 Å². The lowest BCUT2D eigenvalue weighted by Crippen LogP contribution is -2.25. The van der Waals surface area contributed by atoms with Crippen LogP contribution in [0.25, 0.3) is 0 Å². The molecule has 0 saturated heterocycles. The van der Waals surface area contributed by atoms with E-state index < -0.39 is 0 Å². The Hall–Kier alpha value is -3.60. The summed E-state index contributed by atoms with van der Waals surface area (Å²) in [5.74, 6) is 0.259. The third kappa shape index (κ3) is 5.23. The fourth-order valence-corrected chi connectivity index (χ4v) is 3.01. The van der Waals surface area contributed by atoms with Crippen LogP contribution in [0, 0.1) is 6.92 Å². The normalized spacial score (nSPS) is 10.3. The third-order valence-electron chi connectivity index (χ3n) is 4.72. The maximum Gasteiger partial charge on any atom is 0.251 e. The van der Waals surface area contributed by atoms with E-state index in [9.17, 15) is 9.59 Å². The van der Waals surface area contributed by atoms with Gasteiger partial charge >= 0.3 is 0 Å². The lowest BCUT2D eigenvalue weighted by Gasteiger charge is -2.11. The molecule has 0 heterocycles. The zero-order valence-electron chi connectivity index (χ0n) is 16.6. The summed E-state index contributed by atoms with van der Waals surface area (Å²) in [6.45, 7) is 2.79. The Morgan fingerprint density at radius 3 is 1.93 bits per heavy atom. The first kappa shape index (κ1) is 20.1. The molecule has 3 aromatic rings. The highest BCUT2D eigenvalue weighted by atomic mass is 16.5. The Balaban J connectivity index is 1.63. The number of amides is 2. The Morgan fingerprint density at radius 2 is 1.31 bits per heavy atom. The summed E-state index contributed by atoms with van der Waals surface area (Å²) in [6, 6.07) is 22.1. The Labute approximate surface area is 170 Å². The van der Waals surface area contributed by atoms with Gasteiger partial charge in [0, 0.05) is 29.8 Å². The molecular weight excluding hydrogens is 364 g/mol. The first-order valence-corrected chi connectivity index (χ1v) is 9.41. The van der Waals surface area contributed by atoms with Gasteiger partial charge in [-0.3, -0.25) is 9.59 Å². The van der Waals surface area contributed by atoms with Crippen molar-refractivity contribution in [1.29, 1.82) is 0 Å². The van der Waals surface area contributed by atoms with Gasteiger partial charge in [0.05, 0.1) is 7.11 Å². The molecule has 0 atom stereocenters. The summed E-state index contributed by atoms with van der Waals surface area (Å²) in [5, 5.41) is 5.78. The second kappa shape index (κ2) is 9.55. The number of para-hydroxylation sites is 1. The molecule has 29 heavy (non-hydrogen) atoms. The Morgan fingerprint density at radius 1 is 0.759 bits per heavy atom. The van der Waals surface area contributed by atoms with E-state index in [1.807, 2.05) is 55.5 Å². The summed E-state index contributed by atoms with van der Waals surface area (Å²) in [5.41, 5.74) is 3.95. The first-order valence-electron chi connectivity index (χ1n) is 9.41. The van der Waals surface area contributed by atoms with Crippen LogP contribution in [0.1, 0.15) is 37.4 Å². The maximum absolute atomic E-state index is 12.5. The lowest BCUT2D eigenvalue weighted by molar-refractivity contribution is 0.0950. The third-order valence-corrected chi connectivity index (χ3v) is 4.72. The molecule has 3 rings (SSSR count). The van der Waals surface area contributed by atoms with Gasteiger partial charge in [0.1, 0.15) is 5.75 Å². The number of methoxy groups -OCH3 is 1. The predicted molar refractivity (Wildman–Crippen MR) is 113 cm³/mol. The smallest absolute Gasteiger partial charge is 0.251 e. The summed E-state index contributed by atoms with van der Waals surface area (Å²) >= 11 is 0. The molecule has 0 aliphatic heterocycles. The van der Waals surface area contributed by atoms with Crippen LogP contribution in [0.5, 0.6) is 5.75 Å². The summed E-state index contributed by atoms with van der Waals surface area (Å²) in [6.07, 6.45) is 0. The van der Waals surface area contributed by atoms with Crippen molar-refractivity contribution in [3.05, 3.63) is 101 Å². The number of carbonyl (C=O) groups is 2. The monoisotopic (exact) mass is 388 g/mol. The molecule has 0 saturated carbocycles. The second-order valence-corrected chi connectivity index (χ2v) is 6.68. The van der Waals surface area contributed by atoms with Gasteiger partial charge in [-0.05, 0) is 42.3 Å². The minimum atomic E-state index is -0.246. The average Bonchev–Trinajstić information content (AvgIpc) is 2.77. The molecule has 0 spiro atoms. The fraction of sp³-hybridized carbons (Fsp3) is 0.167. The fourth-order valence-electron chi connectivity index (χ4n) is 3.01. The van der Waals surface area contributed by atoms with Crippen LogP contribution in [0.15, 0.2) is 72.8 Å². The number of hydrogen-bond acceptors (Lipinski definition) is 3. The highest BCUT2D eigenvalue weighted by Crippen LogP contribution is 2.17. The van der Waals surface area contributed by atoms with Crippen molar-refractivity contribution >= 4 is 11.8 Å². The van der Waals surface area contributed by atoms with Gasteiger partial charge in [-0.15, -0.1) is 0 Å². The number of ether oxygens (including phenoxy) is 1. The number of nitrogens with one attached hydrogen (secondary N) is 2. The molecule has 0 radical (unpaired) electrons. The molecule has 0 unspecified atom stereocenters. The van der Waals surface area contributed by atoms with E-state index in [2.05, 4.69) is 10.6 Å². The van der Waals surface area contributed by atoms with Crippen molar-refractivity contribution in [1.82, 2.24) is 10.6 Å². The predicted octanol–water partition coefficient (Wildman–Crippen LogP) is 3.86. The van der Waals surface area contributed by atoms with Gasteiger partial charge in [0.15, 0.2) is 0 Å². The molecule has 3 aromatic carbocycles. The SMILES string of the molecule is COc1ccccc1CNC(=O)c1cccc(C(=O)NCc2ccccc2C)c1. The molecular formula is C24H24N2O3. The molecule has 0 aromatic heterocycles. The summed E-state index contributed by atoms with van der Waals surface area (Å²) in [7, 11) is 1.60. The van der Waals surface area contributed by atoms with Gasteiger partial charge < -0.3 is 15.4 Å². The van der Waals surface area contributed by atoms with Gasteiger partial charge in [0.25, 0.3) is 11.8 Å². The highest BCUT2D eigenvalue weighted by molar-refractivity contribution is 5.99. The molecule has 0 aliphatic carbocycles. The Bertz CT molecular complexity index is 1010. The molecule has 2 amide bonds. The van der Waals surface area contributed by atoms with Crippen LogP contribution >= 0.6 is 0 Å². The summed E-state index contributed by atoms with van der Waals surface area (Å²) < 4.78 is 5.30. The molecule has 0 bridgehead atoms. The maximum atomic E-state index is 12.5. The van der Waals surface area contributed by atoms with Gasteiger partial charge in [-0.25, -0.2) is 0 Å². The molecule has 2 N–H and O–H groups in total. The molecule has 5 heteroatoms. The van der Waals surface area contributed by atoms with Crippen LogP contribution in [-0.2, 0) is 13.1 Å².